The highest BCUT2D eigenvalue weighted by molar-refractivity contribution is 5.47. The van der Waals surface area contributed by atoms with Crippen LogP contribution in [0.25, 0.3) is 0 Å². The summed E-state index contributed by atoms with van der Waals surface area (Å²) in [6.45, 7) is 2.94. The molecule has 0 saturated heterocycles. The number of aromatic nitrogens is 2. The lowest BCUT2D eigenvalue weighted by Crippen LogP contribution is -1.97. The number of rotatable bonds is 5. The summed E-state index contributed by atoms with van der Waals surface area (Å²) in [5, 5.41) is 3.83. The summed E-state index contributed by atoms with van der Waals surface area (Å²) >= 11 is 0. The Labute approximate surface area is 99.6 Å². The van der Waals surface area contributed by atoms with Crippen LogP contribution >= 0.6 is 0 Å². The molecule has 5 nitrogen and oxygen atoms in total. The van der Waals surface area contributed by atoms with E-state index in [1.54, 1.807) is 0 Å². The van der Waals surface area contributed by atoms with Crippen LogP contribution in [0.1, 0.15) is 24.2 Å². The van der Waals surface area contributed by atoms with Crippen molar-refractivity contribution in [3.63, 3.8) is 0 Å². The maximum Gasteiger partial charge on any atom is 0.231 e. The quantitative estimate of drug-likeness (QED) is 0.797. The summed E-state index contributed by atoms with van der Waals surface area (Å²) < 4.78 is 10.3. The van der Waals surface area contributed by atoms with Crippen LogP contribution < -0.4 is 5.73 Å². The van der Waals surface area contributed by atoms with Crippen molar-refractivity contribution in [1.82, 2.24) is 10.1 Å². The molecule has 2 rings (SSSR count). The second-order valence-corrected chi connectivity index (χ2v) is 3.62. The Morgan fingerprint density at radius 2 is 2.18 bits per heavy atom. The van der Waals surface area contributed by atoms with Gasteiger partial charge in [0, 0.05) is 12.3 Å². The first-order chi connectivity index (χ1) is 8.29. The number of ether oxygens (including phenoxy) is 1. The molecule has 5 heteroatoms. The van der Waals surface area contributed by atoms with Crippen LogP contribution in [0.15, 0.2) is 28.8 Å². The first kappa shape index (κ1) is 11.6. The second kappa shape index (κ2) is 5.45. The van der Waals surface area contributed by atoms with Gasteiger partial charge in [-0.3, -0.25) is 0 Å². The van der Waals surface area contributed by atoms with Crippen LogP contribution in [0.3, 0.4) is 0 Å². The normalized spacial score (nSPS) is 10.6. The molecule has 17 heavy (non-hydrogen) atoms. The predicted octanol–water partition coefficient (Wildman–Crippen LogP) is 1.78. The fraction of sp³-hybridized carbons (Fsp3) is 0.333. The SMILES string of the molecule is CCOCc1noc(Cc2ccccc2N)n1. The molecule has 0 aliphatic rings. The van der Waals surface area contributed by atoms with Crippen molar-refractivity contribution in [2.75, 3.05) is 12.3 Å². The zero-order valence-corrected chi connectivity index (χ0v) is 9.72. The van der Waals surface area contributed by atoms with Crippen molar-refractivity contribution in [3.8, 4) is 0 Å². The van der Waals surface area contributed by atoms with E-state index in [9.17, 15) is 0 Å². The van der Waals surface area contributed by atoms with Crippen molar-refractivity contribution >= 4 is 5.69 Å². The van der Waals surface area contributed by atoms with Gasteiger partial charge in [-0.25, -0.2) is 0 Å². The fourth-order valence-electron chi connectivity index (χ4n) is 1.47. The first-order valence-corrected chi connectivity index (χ1v) is 5.52. The van der Waals surface area contributed by atoms with Crippen LogP contribution in [-0.4, -0.2) is 16.7 Å². The Kier molecular flexibility index (Phi) is 3.72. The Morgan fingerprint density at radius 1 is 1.35 bits per heavy atom. The molecule has 0 bridgehead atoms. The molecule has 0 spiro atoms. The van der Waals surface area contributed by atoms with Gasteiger partial charge in [-0.05, 0) is 18.6 Å². The largest absolute Gasteiger partial charge is 0.398 e. The molecule has 0 saturated carbocycles. The van der Waals surface area contributed by atoms with Gasteiger partial charge in [0.25, 0.3) is 0 Å². The van der Waals surface area contributed by atoms with E-state index in [1.165, 1.54) is 0 Å². The summed E-state index contributed by atoms with van der Waals surface area (Å²) in [5.41, 5.74) is 7.56. The van der Waals surface area contributed by atoms with E-state index in [0.717, 1.165) is 11.3 Å². The van der Waals surface area contributed by atoms with E-state index in [0.29, 0.717) is 31.3 Å². The third-order valence-electron chi connectivity index (χ3n) is 2.34. The minimum Gasteiger partial charge on any atom is -0.398 e. The van der Waals surface area contributed by atoms with E-state index < -0.39 is 0 Å². The molecule has 0 aliphatic heterocycles. The van der Waals surface area contributed by atoms with Gasteiger partial charge >= 0.3 is 0 Å². The zero-order chi connectivity index (χ0) is 12.1. The zero-order valence-electron chi connectivity index (χ0n) is 9.72. The maximum atomic E-state index is 5.84. The Balaban J connectivity index is 2.04. The lowest BCUT2D eigenvalue weighted by molar-refractivity contribution is 0.126. The second-order valence-electron chi connectivity index (χ2n) is 3.62. The summed E-state index contributed by atoms with van der Waals surface area (Å²) in [5.74, 6) is 1.12. The molecule has 0 unspecified atom stereocenters. The lowest BCUT2D eigenvalue weighted by Gasteiger charge is -2.00. The van der Waals surface area contributed by atoms with Gasteiger partial charge in [-0.15, -0.1) is 0 Å². The molecule has 1 aromatic carbocycles. The van der Waals surface area contributed by atoms with Crippen molar-refractivity contribution in [2.45, 2.75) is 20.0 Å². The van der Waals surface area contributed by atoms with E-state index in [2.05, 4.69) is 10.1 Å². The summed E-state index contributed by atoms with van der Waals surface area (Å²) in [7, 11) is 0. The van der Waals surface area contributed by atoms with Crippen LogP contribution in [0.5, 0.6) is 0 Å². The minimum atomic E-state index is 0.379. The number of hydrogen-bond donors (Lipinski definition) is 1. The standard InChI is InChI=1S/C12H15N3O2/c1-2-16-8-11-14-12(17-15-11)7-9-5-3-4-6-10(9)13/h3-6H,2,7-8,13H2,1H3. The predicted molar refractivity (Wildman–Crippen MR) is 63.3 cm³/mol. The van der Waals surface area contributed by atoms with Gasteiger partial charge in [-0.1, -0.05) is 23.4 Å². The van der Waals surface area contributed by atoms with Crippen LogP contribution in [0.4, 0.5) is 5.69 Å². The van der Waals surface area contributed by atoms with Gasteiger partial charge in [0.05, 0.1) is 6.42 Å². The number of benzene rings is 1. The van der Waals surface area contributed by atoms with Crippen molar-refractivity contribution in [2.24, 2.45) is 0 Å². The third-order valence-corrected chi connectivity index (χ3v) is 2.34. The molecule has 2 N–H and O–H groups in total. The number of nitrogens with two attached hydrogens (primary N) is 1. The highest BCUT2D eigenvalue weighted by Crippen LogP contribution is 2.14. The third kappa shape index (κ3) is 3.04. The van der Waals surface area contributed by atoms with Crippen LogP contribution in [0, 0.1) is 0 Å². The van der Waals surface area contributed by atoms with Crippen molar-refractivity contribution < 1.29 is 9.26 Å². The molecule has 90 valence electrons. The van der Waals surface area contributed by atoms with Crippen molar-refractivity contribution in [3.05, 3.63) is 41.5 Å². The lowest BCUT2D eigenvalue weighted by atomic mass is 10.1. The summed E-state index contributed by atoms with van der Waals surface area (Å²) in [6.07, 6.45) is 0.547. The van der Waals surface area contributed by atoms with Crippen LogP contribution in [0.2, 0.25) is 0 Å². The van der Waals surface area contributed by atoms with E-state index in [1.807, 2.05) is 31.2 Å². The minimum absolute atomic E-state index is 0.379. The molecular weight excluding hydrogens is 218 g/mol. The van der Waals surface area contributed by atoms with Gasteiger partial charge in [-0.2, -0.15) is 4.98 Å². The highest BCUT2D eigenvalue weighted by Gasteiger charge is 2.08. The fourth-order valence-corrected chi connectivity index (χ4v) is 1.47. The molecule has 0 aliphatic carbocycles. The molecular formula is C12H15N3O2. The number of para-hydroxylation sites is 1. The molecule has 0 fully saturated rings. The molecule has 1 heterocycles. The molecule has 0 radical (unpaired) electrons. The first-order valence-electron chi connectivity index (χ1n) is 5.52. The summed E-state index contributed by atoms with van der Waals surface area (Å²) in [6, 6.07) is 7.63. The number of nitrogens with zero attached hydrogens (tertiary/aromatic N) is 2. The summed E-state index contributed by atoms with van der Waals surface area (Å²) in [4.78, 5) is 4.23. The van der Waals surface area contributed by atoms with Crippen molar-refractivity contribution in [1.29, 1.82) is 0 Å². The molecule has 2 aromatic rings. The van der Waals surface area contributed by atoms with Gasteiger partial charge < -0.3 is 15.0 Å². The smallest absolute Gasteiger partial charge is 0.231 e. The van der Waals surface area contributed by atoms with Gasteiger partial charge in [0.2, 0.25) is 5.89 Å². The molecule has 0 amide bonds. The Morgan fingerprint density at radius 3 is 2.94 bits per heavy atom. The monoisotopic (exact) mass is 233 g/mol. The topological polar surface area (TPSA) is 74.2 Å². The highest BCUT2D eigenvalue weighted by atomic mass is 16.5. The maximum absolute atomic E-state index is 5.84. The number of nitrogen functional groups attached to an aromatic ring is 1. The van der Waals surface area contributed by atoms with E-state index in [4.69, 9.17) is 15.0 Å². The van der Waals surface area contributed by atoms with Crippen LogP contribution in [-0.2, 0) is 17.8 Å². The number of anilines is 1. The van der Waals surface area contributed by atoms with E-state index in [-0.39, 0.29) is 0 Å². The average molecular weight is 233 g/mol. The molecule has 1 aromatic heterocycles. The number of hydrogen-bond acceptors (Lipinski definition) is 5. The Hall–Kier alpha value is -1.88. The Bertz CT molecular complexity index is 482. The molecule has 0 atom stereocenters. The van der Waals surface area contributed by atoms with E-state index >= 15 is 0 Å². The van der Waals surface area contributed by atoms with Gasteiger partial charge in [0.1, 0.15) is 6.61 Å². The average Bonchev–Trinajstić information content (AvgIpc) is 2.77. The van der Waals surface area contributed by atoms with Gasteiger partial charge in [0.15, 0.2) is 5.82 Å².